The number of hydrogen-bond acceptors (Lipinski definition) is 2. The van der Waals surface area contributed by atoms with Gasteiger partial charge in [-0.1, -0.05) is 29.3 Å². The van der Waals surface area contributed by atoms with Crippen LogP contribution in [0, 0.1) is 5.92 Å². The Morgan fingerprint density at radius 3 is 2.60 bits per heavy atom. The molecule has 1 aromatic carbocycles. The highest BCUT2D eigenvalue weighted by Crippen LogP contribution is 2.53. The summed E-state index contributed by atoms with van der Waals surface area (Å²) in [5.74, 6) is 0.264. The number of benzene rings is 1. The van der Waals surface area contributed by atoms with Crippen LogP contribution in [0.5, 0.6) is 0 Å². The average molecular weight is 246 g/mol. The molecule has 0 radical (unpaired) electrons. The van der Waals surface area contributed by atoms with Crippen molar-refractivity contribution >= 4 is 23.2 Å². The minimum Gasteiger partial charge on any atom is -0.396 e. The van der Waals surface area contributed by atoms with Gasteiger partial charge in [-0.2, -0.15) is 0 Å². The molecule has 2 rings (SSSR count). The standard InChI is InChI=1S/C11H13Cl2NO/c12-9-2-1-7(3-10(9)13)11(6-14)4-8(11)5-15/h1-3,8,15H,4-6,14H2/t8?,11-/m0/s1. The van der Waals surface area contributed by atoms with Crippen LogP contribution in [0.15, 0.2) is 18.2 Å². The Balaban J connectivity index is 2.33. The van der Waals surface area contributed by atoms with E-state index in [2.05, 4.69) is 0 Å². The summed E-state index contributed by atoms with van der Waals surface area (Å²) >= 11 is 11.8. The van der Waals surface area contributed by atoms with Crippen molar-refractivity contribution in [2.24, 2.45) is 11.7 Å². The van der Waals surface area contributed by atoms with Gasteiger partial charge in [-0.05, 0) is 30.0 Å². The van der Waals surface area contributed by atoms with Crippen LogP contribution in [-0.2, 0) is 5.41 Å². The molecule has 0 heterocycles. The summed E-state index contributed by atoms with van der Waals surface area (Å²) < 4.78 is 0. The third kappa shape index (κ3) is 1.76. The van der Waals surface area contributed by atoms with E-state index in [1.807, 2.05) is 12.1 Å². The first-order chi connectivity index (χ1) is 7.14. The number of hydrogen-bond donors (Lipinski definition) is 2. The molecule has 1 aromatic rings. The Hall–Kier alpha value is -0.280. The summed E-state index contributed by atoms with van der Waals surface area (Å²) in [6, 6.07) is 5.58. The van der Waals surface area contributed by atoms with Gasteiger partial charge in [0.2, 0.25) is 0 Å². The van der Waals surface area contributed by atoms with E-state index >= 15 is 0 Å². The molecule has 3 N–H and O–H groups in total. The van der Waals surface area contributed by atoms with E-state index in [-0.39, 0.29) is 17.9 Å². The zero-order valence-electron chi connectivity index (χ0n) is 8.21. The maximum atomic E-state index is 9.14. The van der Waals surface area contributed by atoms with Gasteiger partial charge in [0.05, 0.1) is 10.0 Å². The van der Waals surface area contributed by atoms with Gasteiger partial charge in [-0.25, -0.2) is 0 Å². The second-order valence-corrected chi connectivity index (χ2v) is 4.89. The highest BCUT2D eigenvalue weighted by Gasteiger charge is 2.53. The van der Waals surface area contributed by atoms with Crippen LogP contribution in [0.25, 0.3) is 0 Å². The maximum Gasteiger partial charge on any atom is 0.0595 e. The van der Waals surface area contributed by atoms with Crippen LogP contribution in [0.1, 0.15) is 12.0 Å². The fraction of sp³-hybridized carbons (Fsp3) is 0.455. The van der Waals surface area contributed by atoms with Gasteiger partial charge in [0, 0.05) is 18.6 Å². The molecule has 2 atom stereocenters. The Bertz CT molecular complexity index is 383. The molecule has 0 aliphatic heterocycles. The molecule has 1 unspecified atom stereocenters. The zero-order valence-corrected chi connectivity index (χ0v) is 9.72. The van der Waals surface area contributed by atoms with Crippen molar-refractivity contribution in [3.8, 4) is 0 Å². The molecule has 1 fully saturated rings. The molecule has 0 spiro atoms. The third-order valence-corrected chi connectivity index (χ3v) is 4.05. The fourth-order valence-electron chi connectivity index (χ4n) is 2.15. The minimum absolute atomic E-state index is 0.0804. The number of rotatable bonds is 3. The first-order valence-corrected chi connectivity index (χ1v) is 5.66. The molecule has 0 aromatic heterocycles. The van der Waals surface area contributed by atoms with E-state index in [1.54, 1.807) is 6.07 Å². The fourth-order valence-corrected chi connectivity index (χ4v) is 2.45. The van der Waals surface area contributed by atoms with Crippen LogP contribution < -0.4 is 5.73 Å². The van der Waals surface area contributed by atoms with Crippen LogP contribution in [0.4, 0.5) is 0 Å². The topological polar surface area (TPSA) is 46.2 Å². The van der Waals surface area contributed by atoms with E-state index in [4.69, 9.17) is 34.0 Å². The summed E-state index contributed by atoms with van der Waals surface area (Å²) in [6.45, 7) is 0.716. The Labute approximate surface area is 99.0 Å². The van der Waals surface area contributed by atoms with E-state index in [0.29, 0.717) is 16.6 Å². The lowest BCUT2D eigenvalue weighted by Crippen LogP contribution is -2.23. The van der Waals surface area contributed by atoms with Crippen LogP contribution in [0.3, 0.4) is 0 Å². The summed E-state index contributed by atoms with van der Waals surface area (Å²) in [4.78, 5) is 0. The molecular formula is C11H13Cl2NO. The number of aliphatic hydroxyl groups is 1. The molecular weight excluding hydrogens is 233 g/mol. The molecule has 1 aliphatic carbocycles. The van der Waals surface area contributed by atoms with E-state index < -0.39 is 0 Å². The number of halogens is 2. The van der Waals surface area contributed by atoms with Crippen molar-refractivity contribution < 1.29 is 5.11 Å². The normalized spacial score (nSPS) is 29.2. The monoisotopic (exact) mass is 245 g/mol. The van der Waals surface area contributed by atoms with Crippen molar-refractivity contribution in [3.63, 3.8) is 0 Å². The summed E-state index contributed by atoms with van der Waals surface area (Å²) in [5.41, 5.74) is 6.77. The molecule has 2 nitrogen and oxygen atoms in total. The zero-order chi connectivity index (χ0) is 11.1. The molecule has 1 saturated carbocycles. The Morgan fingerprint density at radius 2 is 2.13 bits per heavy atom. The van der Waals surface area contributed by atoms with Crippen molar-refractivity contribution in [2.75, 3.05) is 13.2 Å². The first kappa shape index (κ1) is 11.2. The maximum absolute atomic E-state index is 9.14. The van der Waals surface area contributed by atoms with E-state index in [1.165, 1.54) is 0 Å². The number of nitrogens with two attached hydrogens (primary N) is 1. The largest absolute Gasteiger partial charge is 0.396 e. The van der Waals surface area contributed by atoms with E-state index in [0.717, 1.165) is 12.0 Å². The molecule has 0 bridgehead atoms. The summed E-state index contributed by atoms with van der Waals surface area (Å²) in [5, 5.41) is 10.2. The Kier molecular flexibility index (Phi) is 2.95. The quantitative estimate of drug-likeness (QED) is 0.858. The highest BCUT2D eigenvalue weighted by atomic mass is 35.5. The molecule has 0 saturated heterocycles. The summed E-state index contributed by atoms with van der Waals surface area (Å²) in [7, 11) is 0. The highest BCUT2D eigenvalue weighted by molar-refractivity contribution is 6.42. The van der Waals surface area contributed by atoms with Crippen molar-refractivity contribution in [1.29, 1.82) is 0 Å². The van der Waals surface area contributed by atoms with Crippen LogP contribution >= 0.6 is 23.2 Å². The van der Waals surface area contributed by atoms with Crippen molar-refractivity contribution in [2.45, 2.75) is 11.8 Å². The minimum atomic E-state index is -0.0804. The molecule has 82 valence electrons. The lowest BCUT2D eigenvalue weighted by Gasteiger charge is -2.15. The predicted octanol–water partition coefficient (Wildman–Crippen LogP) is 2.20. The van der Waals surface area contributed by atoms with Gasteiger partial charge in [0.25, 0.3) is 0 Å². The first-order valence-electron chi connectivity index (χ1n) is 4.90. The average Bonchev–Trinajstić information content (AvgIpc) is 2.97. The molecule has 0 amide bonds. The van der Waals surface area contributed by atoms with Crippen LogP contribution in [-0.4, -0.2) is 18.3 Å². The Morgan fingerprint density at radius 1 is 1.40 bits per heavy atom. The van der Waals surface area contributed by atoms with Gasteiger partial charge in [-0.3, -0.25) is 0 Å². The van der Waals surface area contributed by atoms with Gasteiger partial charge in [-0.15, -0.1) is 0 Å². The van der Waals surface area contributed by atoms with Gasteiger partial charge >= 0.3 is 0 Å². The molecule has 15 heavy (non-hydrogen) atoms. The second kappa shape index (κ2) is 3.95. The van der Waals surface area contributed by atoms with Gasteiger partial charge < -0.3 is 10.8 Å². The molecule has 1 aliphatic rings. The SMILES string of the molecule is NC[C@]1(c2ccc(Cl)c(Cl)c2)CC1CO. The van der Waals surface area contributed by atoms with Gasteiger partial charge in [0.1, 0.15) is 0 Å². The number of aliphatic hydroxyl groups excluding tert-OH is 1. The predicted molar refractivity (Wildman–Crippen MR) is 62.4 cm³/mol. The summed E-state index contributed by atoms with van der Waals surface area (Å²) in [6.07, 6.45) is 0.929. The second-order valence-electron chi connectivity index (χ2n) is 4.07. The van der Waals surface area contributed by atoms with E-state index in [9.17, 15) is 0 Å². The third-order valence-electron chi connectivity index (χ3n) is 3.31. The van der Waals surface area contributed by atoms with Gasteiger partial charge in [0.15, 0.2) is 0 Å². The van der Waals surface area contributed by atoms with Crippen molar-refractivity contribution in [3.05, 3.63) is 33.8 Å². The molecule has 4 heteroatoms. The lowest BCUT2D eigenvalue weighted by atomic mass is 9.93. The van der Waals surface area contributed by atoms with Crippen LogP contribution in [0.2, 0.25) is 10.0 Å². The lowest BCUT2D eigenvalue weighted by molar-refractivity contribution is 0.264. The van der Waals surface area contributed by atoms with Crippen molar-refractivity contribution in [1.82, 2.24) is 0 Å². The smallest absolute Gasteiger partial charge is 0.0595 e.